The zero-order valence-corrected chi connectivity index (χ0v) is 11.3. The van der Waals surface area contributed by atoms with E-state index in [0.717, 1.165) is 13.1 Å². The van der Waals surface area contributed by atoms with Crippen LogP contribution in [0, 0.1) is 0 Å². The predicted molar refractivity (Wildman–Crippen MR) is 56.7 cm³/mol. The predicted octanol–water partition coefficient (Wildman–Crippen LogP) is 3.63. The van der Waals surface area contributed by atoms with Gasteiger partial charge in [0.05, 0.1) is 0 Å². The topological polar surface area (TPSA) is 35.5 Å². The molecule has 0 fully saturated rings. The van der Waals surface area contributed by atoms with Crippen molar-refractivity contribution >= 4 is 25.2 Å². The molecule has 0 aliphatic rings. The van der Waals surface area contributed by atoms with E-state index in [0.29, 0.717) is 11.4 Å². The fraction of sp³-hybridized carbons (Fsp3) is 0.333. The van der Waals surface area contributed by atoms with Gasteiger partial charge in [-0.3, -0.25) is 16.6 Å². The molecule has 2 atom stereocenters. The van der Waals surface area contributed by atoms with E-state index in [1.807, 2.05) is 0 Å². The van der Waals surface area contributed by atoms with E-state index < -0.39 is 25.2 Å². The fourth-order valence-corrected chi connectivity index (χ4v) is 5.01. The number of halogens is 3. The van der Waals surface area contributed by atoms with Gasteiger partial charge < -0.3 is 0 Å². The summed E-state index contributed by atoms with van der Waals surface area (Å²) >= 11 is 0. The lowest BCUT2D eigenvalue weighted by Crippen LogP contribution is -2.29. The molecule has 0 spiro atoms. The van der Waals surface area contributed by atoms with Crippen LogP contribution in [0.3, 0.4) is 0 Å². The van der Waals surface area contributed by atoms with Gasteiger partial charge in [0, 0.05) is 0 Å². The van der Waals surface area contributed by atoms with E-state index in [4.69, 9.17) is 0 Å². The van der Waals surface area contributed by atoms with Gasteiger partial charge in [-0.2, -0.15) is 0 Å². The monoisotopic (exact) mass is 276 g/mol. The van der Waals surface area contributed by atoms with E-state index in [1.165, 1.54) is 0 Å². The second-order valence-electron chi connectivity index (χ2n) is 2.99. The SMILES string of the molecule is C=C[Si](C)(F)OP(=O)(F)O[Si](C)(F)C=C. The zero-order chi connectivity index (χ0) is 12.3. The summed E-state index contributed by atoms with van der Waals surface area (Å²) in [6.45, 7) is 7.90. The molecule has 0 aromatic rings. The Bertz CT molecular complexity index is 282. The molecular formula is C6H12F3O3PSi2. The van der Waals surface area contributed by atoms with Crippen molar-refractivity contribution in [1.82, 2.24) is 0 Å². The van der Waals surface area contributed by atoms with E-state index in [1.54, 1.807) is 0 Å². The summed E-state index contributed by atoms with van der Waals surface area (Å²) in [6, 6.07) is 0. The third-order valence-corrected chi connectivity index (χ3v) is 7.36. The molecule has 0 radical (unpaired) electrons. The molecule has 9 heteroatoms. The Hall–Kier alpha value is -0.146. The molecule has 0 amide bonds. The highest BCUT2D eigenvalue weighted by atomic mass is 31.2. The molecule has 0 saturated heterocycles. The van der Waals surface area contributed by atoms with Crippen LogP contribution in [0.4, 0.5) is 12.4 Å². The third kappa shape index (κ3) is 6.11. The minimum atomic E-state index is -5.24. The number of hydrogen-bond acceptors (Lipinski definition) is 3. The first-order valence-corrected chi connectivity index (χ1v) is 10.1. The van der Waals surface area contributed by atoms with Crippen LogP contribution in [0.15, 0.2) is 24.6 Å². The minimum absolute atomic E-state index is 0.716. The van der Waals surface area contributed by atoms with Gasteiger partial charge in [-0.05, 0) is 24.5 Å². The minimum Gasteiger partial charge on any atom is -0.292 e. The Morgan fingerprint density at radius 3 is 1.60 bits per heavy atom. The Balaban J connectivity index is 4.65. The Morgan fingerprint density at radius 2 is 1.40 bits per heavy atom. The van der Waals surface area contributed by atoms with Crippen LogP contribution >= 0.6 is 7.91 Å². The van der Waals surface area contributed by atoms with Crippen LogP contribution in [0.25, 0.3) is 0 Å². The second kappa shape index (κ2) is 4.79. The molecule has 0 saturated carbocycles. The molecule has 0 aliphatic carbocycles. The van der Waals surface area contributed by atoms with E-state index >= 15 is 0 Å². The van der Waals surface area contributed by atoms with Crippen molar-refractivity contribution in [3.63, 3.8) is 0 Å². The zero-order valence-electron chi connectivity index (χ0n) is 8.37. The molecule has 0 N–H and O–H groups in total. The van der Waals surface area contributed by atoms with Crippen LogP contribution in [-0.2, 0) is 13.0 Å². The smallest absolute Gasteiger partial charge is 0.292 e. The van der Waals surface area contributed by atoms with Gasteiger partial charge in [0.15, 0.2) is 0 Å². The summed E-state index contributed by atoms with van der Waals surface area (Å²) in [6.07, 6.45) is 0. The Kier molecular flexibility index (Phi) is 4.75. The van der Waals surface area contributed by atoms with Crippen LogP contribution in [-0.4, -0.2) is 17.3 Å². The van der Waals surface area contributed by atoms with Gasteiger partial charge in [0.2, 0.25) is 0 Å². The molecule has 0 rings (SSSR count). The summed E-state index contributed by atoms with van der Waals surface area (Å²) in [7, 11) is -13.4. The van der Waals surface area contributed by atoms with E-state index in [9.17, 15) is 17.0 Å². The average molecular weight is 276 g/mol. The molecule has 0 aromatic carbocycles. The molecular weight excluding hydrogens is 264 g/mol. The maximum absolute atomic E-state index is 13.2. The van der Waals surface area contributed by atoms with Crippen molar-refractivity contribution in [3.8, 4) is 0 Å². The molecule has 2 unspecified atom stereocenters. The summed E-state index contributed by atoms with van der Waals surface area (Å²) in [5.41, 5.74) is 1.43. The maximum atomic E-state index is 13.2. The van der Waals surface area contributed by atoms with Gasteiger partial charge in [-0.1, -0.05) is 0 Å². The van der Waals surface area contributed by atoms with Gasteiger partial charge in [0.25, 0.3) is 0 Å². The lowest BCUT2D eigenvalue weighted by atomic mass is 11.3. The van der Waals surface area contributed by atoms with Crippen LogP contribution in [0.2, 0.25) is 13.1 Å². The van der Waals surface area contributed by atoms with Gasteiger partial charge in [0.1, 0.15) is 0 Å². The summed E-state index contributed by atoms with van der Waals surface area (Å²) in [5.74, 6) is 0. The van der Waals surface area contributed by atoms with Crippen molar-refractivity contribution in [2.24, 2.45) is 0 Å². The number of hydrogen-bond donors (Lipinski definition) is 0. The summed E-state index contributed by atoms with van der Waals surface area (Å²) in [5, 5.41) is 0. The maximum Gasteiger partial charge on any atom is 0.497 e. The van der Waals surface area contributed by atoms with E-state index in [2.05, 4.69) is 21.6 Å². The lowest BCUT2D eigenvalue weighted by molar-refractivity contribution is 0.308. The van der Waals surface area contributed by atoms with Gasteiger partial charge >= 0.3 is 25.2 Å². The third-order valence-electron chi connectivity index (χ3n) is 1.30. The first kappa shape index (κ1) is 14.9. The molecule has 0 aliphatic heterocycles. The standard InChI is InChI=1S/C6H12F3O3PSi2/c1-5-14(3,8)11-13(7,10)12-15(4,9)6-2/h5-6H,1-2H2,3-4H3. The van der Waals surface area contributed by atoms with Crippen molar-refractivity contribution < 1.29 is 25.4 Å². The quantitative estimate of drug-likeness (QED) is 0.422. The normalized spacial score (nSPS) is 23.3. The van der Waals surface area contributed by atoms with Crippen LogP contribution in [0.5, 0.6) is 0 Å². The first-order valence-electron chi connectivity index (χ1n) is 3.90. The Morgan fingerprint density at radius 1 is 1.13 bits per heavy atom. The highest BCUT2D eigenvalue weighted by molar-refractivity contribution is 7.51. The van der Waals surface area contributed by atoms with Crippen molar-refractivity contribution in [2.75, 3.05) is 0 Å². The lowest BCUT2D eigenvalue weighted by Gasteiger charge is -2.20. The van der Waals surface area contributed by atoms with Crippen molar-refractivity contribution in [1.29, 1.82) is 0 Å². The van der Waals surface area contributed by atoms with Crippen LogP contribution < -0.4 is 0 Å². The van der Waals surface area contributed by atoms with Gasteiger partial charge in [-0.15, -0.1) is 17.4 Å². The molecule has 3 nitrogen and oxygen atoms in total. The molecule has 88 valence electrons. The van der Waals surface area contributed by atoms with Crippen molar-refractivity contribution in [3.05, 3.63) is 24.6 Å². The summed E-state index contributed by atoms with van der Waals surface area (Å²) < 4.78 is 58.3. The first-order chi connectivity index (χ1) is 6.54. The molecule has 0 heterocycles. The van der Waals surface area contributed by atoms with Crippen molar-refractivity contribution in [2.45, 2.75) is 13.1 Å². The molecule has 0 bridgehead atoms. The largest absolute Gasteiger partial charge is 0.497 e. The fourth-order valence-electron chi connectivity index (χ4n) is 0.520. The molecule has 15 heavy (non-hydrogen) atoms. The highest BCUT2D eigenvalue weighted by Gasteiger charge is 2.44. The number of rotatable bonds is 6. The van der Waals surface area contributed by atoms with E-state index in [-0.39, 0.29) is 0 Å². The van der Waals surface area contributed by atoms with Crippen LogP contribution in [0.1, 0.15) is 0 Å². The highest BCUT2D eigenvalue weighted by Crippen LogP contribution is 2.54. The van der Waals surface area contributed by atoms with Gasteiger partial charge in [-0.25, -0.2) is 4.57 Å². The molecule has 0 aromatic heterocycles. The summed E-state index contributed by atoms with van der Waals surface area (Å²) in [4.78, 5) is 0. The Labute approximate surface area is 88.9 Å². The average Bonchev–Trinajstić information content (AvgIpc) is 2.00. The second-order valence-corrected chi connectivity index (χ2v) is 10.1.